The van der Waals surface area contributed by atoms with Crippen molar-refractivity contribution in [3.63, 3.8) is 0 Å². The molecule has 2 aromatic heterocycles. The lowest BCUT2D eigenvalue weighted by Gasteiger charge is -2.17. The van der Waals surface area contributed by atoms with Crippen LogP contribution in [0.3, 0.4) is 0 Å². The number of sulfonamides is 1. The second-order valence-electron chi connectivity index (χ2n) is 8.02. The Morgan fingerprint density at radius 3 is 2.47 bits per heavy atom. The van der Waals surface area contributed by atoms with E-state index in [1.807, 2.05) is 6.07 Å². The maximum absolute atomic E-state index is 13.7. The maximum Gasteiger partial charge on any atom is 0.231 e. The monoisotopic (exact) mass is 552 g/mol. The number of aromatic nitrogens is 3. The topological polar surface area (TPSA) is 127 Å². The molecule has 13 heteroatoms. The first kappa shape index (κ1) is 27.3. The standard InChI is InChI=1S/C23H19ClF2N6O2S.ClH/c1-32-22-16(3-4-18(24)20(22)23(30-32)31-35(2,33)34)17-7-13(10-27)11-29-21(17)19(28)8-12-5-14(25)9-15(26)6-12;/h3-7,9,11,19H,8,28H2,1-2H3,(H,30,31);1H/t19-;/m0./s1. The number of aryl methyl sites for hydroxylation is 1. The van der Waals surface area contributed by atoms with E-state index in [-0.39, 0.29) is 35.2 Å². The van der Waals surface area contributed by atoms with Crippen LogP contribution in [-0.4, -0.2) is 29.4 Å². The van der Waals surface area contributed by atoms with Crippen LogP contribution in [0, 0.1) is 23.0 Å². The van der Waals surface area contributed by atoms with Gasteiger partial charge in [-0.05, 0) is 36.2 Å². The van der Waals surface area contributed by atoms with Gasteiger partial charge in [0.05, 0.1) is 39.5 Å². The van der Waals surface area contributed by atoms with E-state index in [4.69, 9.17) is 17.3 Å². The average molecular weight is 553 g/mol. The third-order valence-corrected chi connectivity index (χ3v) is 6.17. The van der Waals surface area contributed by atoms with Gasteiger partial charge in [0.1, 0.15) is 17.7 Å². The Balaban J connectivity index is 0.00000361. The van der Waals surface area contributed by atoms with Crippen LogP contribution in [0.2, 0.25) is 5.02 Å². The lowest BCUT2D eigenvalue weighted by Crippen LogP contribution is -2.17. The van der Waals surface area contributed by atoms with Crippen molar-refractivity contribution in [3.05, 3.63) is 76.1 Å². The summed E-state index contributed by atoms with van der Waals surface area (Å²) in [6, 6.07) is 9.26. The second kappa shape index (κ2) is 10.4. The molecule has 4 rings (SSSR count). The molecule has 0 saturated carbocycles. The molecule has 0 aliphatic heterocycles. The van der Waals surface area contributed by atoms with Crippen LogP contribution in [0.4, 0.5) is 14.6 Å². The van der Waals surface area contributed by atoms with Crippen molar-refractivity contribution < 1.29 is 17.2 Å². The number of rotatable bonds is 6. The Hall–Kier alpha value is -3.30. The number of nitriles is 1. The Bertz CT molecular complexity index is 1600. The van der Waals surface area contributed by atoms with Gasteiger partial charge in [-0.3, -0.25) is 14.4 Å². The fraction of sp³-hybridized carbons (Fsp3) is 0.174. The number of hydrogen-bond donors (Lipinski definition) is 2. The first-order valence-electron chi connectivity index (χ1n) is 10.2. The lowest BCUT2D eigenvalue weighted by molar-refractivity contribution is 0.575. The van der Waals surface area contributed by atoms with Crippen molar-refractivity contribution in [2.75, 3.05) is 11.0 Å². The zero-order valence-electron chi connectivity index (χ0n) is 19.0. The van der Waals surface area contributed by atoms with E-state index < -0.39 is 27.7 Å². The zero-order chi connectivity index (χ0) is 25.5. The molecule has 2 aromatic carbocycles. The van der Waals surface area contributed by atoms with Gasteiger partial charge in [-0.2, -0.15) is 10.4 Å². The highest BCUT2D eigenvalue weighted by atomic mass is 35.5. The zero-order valence-corrected chi connectivity index (χ0v) is 21.3. The minimum atomic E-state index is -3.64. The van der Waals surface area contributed by atoms with Crippen LogP contribution in [0.15, 0.2) is 42.6 Å². The van der Waals surface area contributed by atoms with E-state index in [0.717, 1.165) is 12.3 Å². The second-order valence-corrected chi connectivity index (χ2v) is 10.2. The molecule has 2 heterocycles. The quantitative estimate of drug-likeness (QED) is 0.363. The molecule has 0 saturated heterocycles. The molecule has 1 atom stereocenters. The number of hydrogen-bond acceptors (Lipinski definition) is 6. The number of nitrogens with one attached hydrogen (secondary N) is 1. The molecular weight excluding hydrogens is 533 g/mol. The van der Waals surface area contributed by atoms with E-state index in [9.17, 15) is 22.5 Å². The van der Waals surface area contributed by atoms with Crippen LogP contribution >= 0.6 is 24.0 Å². The Morgan fingerprint density at radius 2 is 1.86 bits per heavy atom. The van der Waals surface area contributed by atoms with Crippen LogP contribution < -0.4 is 10.5 Å². The van der Waals surface area contributed by atoms with Crippen molar-refractivity contribution in [1.29, 1.82) is 5.26 Å². The Labute approximate surface area is 217 Å². The summed E-state index contributed by atoms with van der Waals surface area (Å²) in [5, 5.41) is 14.3. The van der Waals surface area contributed by atoms with E-state index in [2.05, 4.69) is 14.8 Å². The highest BCUT2D eigenvalue weighted by Crippen LogP contribution is 2.39. The molecule has 0 fully saturated rings. The largest absolute Gasteiger partial charge is 0.322 e. The van der Waals surface area contributed by atoms with Crippen LogP contribution in [0.1, 0.15) is 22.9 Å². The molecule has 0 amide bonds. The van der Waals surface area contributed by atoms with Crippen molar-refractivity contribution in [2.24, 2.45) is 12.8 Å². The number of halogens is 4. The molecule has 0 unspecified atom stereocenters. The van der Waals surface area contributed by atoms with Crippen LogP contribution in [-0.2, 0) is 23.5 Å². The summed E-state index contributed by atoms with van der Waals surface area (Å²) in [5.74, 6) is -1.40. The fourth-order valence-electron chi connectivity index (χ4n) is 3.97. The average Bonchev–Trinajstić information content (AvgIpc) is 3.08. The summed E-state index contributed by atoms with van der Waals surface area (Å²) >= 11 is 6.41. The first-order chi connectivity index (χ1) is 16.5. The first-order valence-corrected chi connectivity index (χ1v) is 12.5. The normalized spacial score (nSPS) is 12.1. The predicted octanol–water partition coefficient (Wildman–Crippen LogP) is 4.47. The number of fused-ring (bicyclic) bond motifs is 1. The van der Waals surface area contributed by atoms with E-state index in [0.29, 0.717) is 33.3 Å². The molecule has 36 heavy (non-hydrogen) atoms. The molecular formula is C23H20Cl2F2N6O2S. The summed E-state index contributed by atoms with van der Waals surface area (Å²) in [5.41, 5.74) is 8.89. The summed E-state index contributed by atoms with van der Waals surface area (Å²) in [6.07, 6.45) is 2.43. The molecule has 0 bridgehead atoms. The van der Waals surface area contributed by atoms with Crippen LogP contribution in [0.25, 0.3) is 22.0 Å². The summed E-state index contributed by atoms with van der Waals surface area (Å²) in [6.45, 7) is 0. The van der Waals surface area contributed by atoms with Gasteiger partial charge < -0.3 is 5.73 Å². The van der Waals surface area contributed by atoms with Crippen molar-refractivity contribution in [1.82, 2.24) is 14.8 Å². The van der Waals surface area contributed by atoms with Gasteiger partial charge in [-0.15, -0.1) is 12.4 Å². The number of nitrogens with zero attached hydrogens (tertiary/aromatic N) is 4. The third kappa shape index (κ3) is 5.57. The number of benzene rings is 2. The molecule has 4 aromatic rings. The highest BCUT2D eigenvalue weighted by molar-refractivity contribution is 7.92. The number of nitrogens with two attached hydrogens (primary N) is 1. The predicted molar refractivity (Wildman–Crippen MR) is 136 cm³/mol. The summed E-state index contributed by atoms with van der Waals surface area (Å²) in [7, 11) is -2.03. The lowest BCUT2D eigenvalue weighted by atomic mass is 9.94. The fourth-order valence-corrected chi connectivity index (χ4v) is 4.71. The Kier molecular flexibility index (Phi) is 7.85. The van der Waals surface area contributed by atoms with Gasteiger partial charge >= 0.3 is 0 Å². The molecule has 0 spiro atoms. The number of pyridine rings is 1. The van der Waals surface area contributed by atoms with Gasteiger partial charge in [0.15, 0.2) is 5.82 Å². The molecule has 0 aliphatic rings. The SMILES string of the molecule is Cl.Cn1nc(NS(C)(=O)=O)c2c(Cl)ccc(-c3cc(C#N)cnc3[C@@H](N)Cc3cc(F)cc(F)c3)c21. The smallest absolute Gasteiger partial charge is 0.231 e. The number of anilines is 1. The van der Waals surface area contributed by atoms with E-state index in [1.165, 1.54) is 23.0 Å². The summed E-state index contributed by atoms with van der Waals surface area (Å²) in [4.78, 5) is 4.38. The minimum Gasteiger partial charge on any atom is -0.322 e. The third-order valence-electron chi connectivity index (χ3n) is 5.29. The van der Waals surface area contributed by atoms with Crippen molar-refractivity contribution >= 4 is 50.8 Å². The van der Waals surface area contributed by atoms with Crippen molar-refractivity contribution in [2.45, 2.75) is 12.5 Å². The van der Waals surface area contributed by atoms with Gasteiger partial charge in [0, 0.05) is 30.4 Å². The van der Waals surface area contributed by atoms with Gasteiger partial charge in [0.25, 0.3) is 0 Å². The molecule has 3 N–H and O–H groups in total. The van der Waals surface area contributed by atoms with Crippen LogP contribution in [0.5, 0.6) is 0 Å². The van der Waals surface area contributed by atoms with Gasteiger partial charge in [-0.25, -0.2) is 17.2 Å². The molecule has 8 nitrogen and oxygen atoms in total. The highest BCUT2D eigenvalue weighted by Gasteiger charge is 2.23. The van der Waals surface area contributed by atoms with E-state index >= 15 is 0 Å². The van der Waals surface area contributed by atoms with Crippen molar-refractivity contribution in [3.8, 4) is 17.2 Å². The van der Waals surface area contributed by atoms with Gasteiger partial charge in [0.2, 0.25) is 10.0 Å². The molecule has 0 aliphatic carbocycles. The minimum absolute atomic E-state index is 0. The van der Waals surface area contributed by atoms with E-state index in [1.54, 1.807) is 25.2 Å². The molecule has 0 radical (unpaired) electrons. The van der Waals surface area contributed by atoms with Gasteiger partial charge in [-0.1, -0.05) is 17.7 Å². The summed E-state index contributed by atoms with van der Waals surface area (Å²) < 4.78 is 54.9. The Morgan fingerprint density at radius 1 is 1.19 bits per heavy atom. The molecule has 188 valence electrons. The maximum atomic E-state index is 13.7.